The molecule has 0 aliphatic carbocycles. The van der Waals surface area contributed by atoms with Gasteiger partial charge in [0.05, 0.1) is 6.54 Å². The van der Waals surface area contributed by atoms with Gasteiger partial charge in [-0.15, -0.1) is 0 Å². The van der Waals surface area contributed by atoms with Crippen molar-refractivity contribution in [2.24, 2.45) is 0 Å². The molecule has 8 heteroatoms. The number of likely N-dealkylation sites (N-methyl/N-ethyl adjacent to an activating group) is 1. The Morgan fingerprint density at radius 2 is 2.05 bits per heavy atom. The van der Waals surface area contributed by atoms with Crippen molar-refractivity contribution in [3.8, 4) is 0 Å². The number of esters is 1. The maximum atomic E-state index is 11.4. The Labute approximate surface area is 110 Å². The molecule has 1 rings (SSSR count). The van der Waals surface area contributed by atoms with Crippen LogP contribution in [0.5, 0.6) is 0 Å². The second-order valence-electron chi connectivity index (χ2n) is 3.51. The van der Waals surface area contributed by atoms with E-state index in [2.05, 4.69) is 15.4 Å². The van der Waals surface area contributed by atoms with E-state index in [4.69, 9.17) is 9.47 Å². The van der Waals surface area contributed by atoms with Crippen molar-refractivity contribution < 1.29 is 28.6 Å². The van der Waals surface area contributed by atoms with E-state index in [1.54, 1.807) is 6.92 Å². The Hall–Kier alpha value is -2.25. The molecular weight excluding hydrogens is 256 g/mol. The van der Waals surface area contributed by atoms with Crippen molar-refractivity contribution in [2.45, 2.75) is 6.92 Å². The Bertz CT molecular complexity index is 379. The molecule has 2 amide bonds. The zero-order valence-electron chi connectivity index (χ0n) is 10.6. The minimum Gasteiger partial charge on any atom is -0.493 e. The summed E-state index contributed by atoms with van der Waals surface area (Å²) in [5.41, 5.74) is 0. The predicted octanol–water partition coefficient (Wildman–Crippen LogP) is -1.33. The number of hydrogen-bond donors (Lipinski definition) is 2. The van der Waals surface area contributed by atoms with Crippen molar-refractivity contribution in [3.05, 3.63) is 12.0 Å². The van der Waals surface area contributed by atoms with Crippen LogP contribution < -0.4 is 10.6 Å². The SMILES string of the molecule is CCNC(=O)CNC(=O)COC(=O)C1=COCCO1. The van der Waals surface area contributed by atoms with Crippen LogP contribution in [0.2, 0.25) is 0 Å². The normalized spacial score (nSPS) is 13.4. The van der Waals surface area contributed by atoms with Gasteiger partial charge in [-0.2, -0.15) is 0 Å². The summed E-state index contributed by atoms with van der Waals surface area (Å²) in [6, 6.07) is 0. The van der Waals surface area contributed by atoms with Gasteiger partial charge in [0.15, 0.2) is 6.61 Å². The van der Waals surface area contributed by atoms with Gasteiger partial charge in [0.1, 0.15) is 19.5 Å². The Balaban J connectivity index is 2.20. The average molecular weight is 272 g/mol. The molecule has 0 saturated carbocycles. The zero-order valence-corrected chi connectivity index (χ0v) is 10.6. The highest BCUT2D eigenvalue weighted by Gasteiger charge is 2.17. The lowest BCUT2D eigenvalue weighted by molar-refractivity contribution is -0.149. The first-order chi connectivity index (χ1) is 9.13. The monoisotopic (exact) mass is 272 g/mol. The maximum Gasteiger partial charge on any atom is 0.377 e. The molecule has 0 unspecified atom stereocenters. The number of nitrogens with one attached hydrogen (secondary N) is 2. The topological polar surface area (TPSA) is 103 Å². The van der Waals surface area contributed by atoms with Crippen LogP contribution in [0.1, 0.15) is 6.92 Å². The van der Waals surface area contributed by atoms with Crippen molar-refractivity contribution in [3.63, 3.8) is 0 Å². The lowest BCUT2D eigenvalue weighted by Gasteiger charge is -2.14. The molecule has 106 valence electrons. The molecule has 0 atom stereocenters. The number of amides is 2. The van der Waals surface area contributed by atoms with Crippen LogP contribution in [0.3, 0.4) is 0 Å². The molecule has 1 aliphatic rings. The standard InChI is InChI=1S/C11H16N2O6/c1-2-12-9(14)5-13-10(15)7-19-11(16)8-6-17-3-4-18-8/h6H,2-5,7H2,1H3,(H,12,14)(H,13,15). The van der Waals surface area contributed by atoms with Crippen molar-refractivity contribution in [1.82, 2.24) is 10.6 Å². The lowest BCUT2D eigenvalue weighted by atomic mass is 10.5. The molecule has 0 aromatic heterocycles. The first kappa shape index (κ1) is 14.8. The maximum absolute atomic E-state index is 11.4. The van der Waals surface area contributed by atoms with Crippen molar-refractivity contribution >= 4 is 17.8 Å². The van der Waals surface area contributed by atoms with Gasteiger partial charge >= 0.3 is 5.97 Å². The molecule has 0 fully saturated rings. The zero-order chi connectivity index (χ0) is 14.1. The van der Waals surface area contributed by atoms with Crippen LogP contribution in [0, 0.1) is 0 Å². The molecule has 0 spiro atoms. The summed E-state index contributed by atoms with van der Waals surface area (Å²) in [7, 11) is 0. The summed E-state index contributed by atoms with van der Waals surface area (Å²) in [4.78, 5) is 33.7. The molecule has 0 bridgehead atoms. The fourth-order valence-electron chi connectivity index (χ4n) is 1.17. The summed E-state index contributed by atoms with van der Waals surface area (Å²) >= 11 is 0. The van der Waals surface area contributed by atoms with Gasteiger partial charge in [-0.25, -0.2) is 4.79 Å². The van der Waals surface area contributed by atoms with Crippen LogP contribution in [0.15, 0.2) is 12.0 Å². The number of ether oxygens (including phenoxy) is 3. The van der Waals surface area contributed by atoms with E-state index in [-0.39, 0.29) is 24.8 Å². The highest BCUT2D eigenvalue weighted by molar-refractivity contribution is 5.89. The fourth-order valence-corrected chi connectivity index (χ4v) is 1.17. The van der Waals surface area contributed by atoms with Crippen LogP contribution >= 0.6 is 0 Å². The van der Waals surface area contributed by atoms with E-state index in [9.17, 15) is 14.4 Å². The van der Waals surface area contributed by atoms with E-state index >= 15 is 0 Å². The smallest absolute Gasteiger partial charge is 0.377 e. The van der Waals surface area contributed by atoms with E-state index in [1.807, 2.05) is 0 Å². The number of carbonyl (C=O) groups is 3. The third kappa shape index (κ3) is 5.75. The van der Waals surface area contributed by atoms with E-state index in [0.717, 1.165) is 6.26 Å². The first-order valence-corrected chi connectivity index (χ1v) is 5.78. The quantitative estimate of drug-likeness (QED) is 0.581. The minimum absolute atomic E-state index is 0.0808. The molecule has 19 heavy (non-hydrogen) atoms. The molecule has 2 N–H and O–H groups in total. The summed E-state index contributed by atoms with van der Waals surface area (Å²) in [6.07, 6.45) is 1.14. The van der Waals surface area contributed by atoms with Gasteiger partial charge in [-0.05, 0) is 6.92 Å². The van der Waals surface area contributed by atoms with Crippen LogP contribution in [0.4, 0.5) is 0 Å². The molecule has 1 heterocycles. The first-order valence-electron chi connectivity index (χ1n) is 5.78. The third-order valence-electron chi connectivity index (χ3n) is 2.00. The molecule has 0 aromatic rings. The van der Waals surface area contributed by atoms with Crippen LogP contribution in [-0.4, -0.2) is 50.7 Å². The Morgan fingerprint density at radius 1 is 1.26 bits per heavy atom. The second-order valence-corrected chi connectivity index (χ2v) is 3.51. The average Bonchev–Trinajstić information content (AvgIpc) is 2.44. The lowest BCUT2D eigenvalue weighted by Crippen LogP contribution is -2.38. The Morgan fingerprint density at radius 3 is 2.68 bits per heavy atom. The largest absolute Gasteiger partial charge is 0.493 e. The van der Waals surface area contributed by atoms with Gasteiger partial charge < -0.3 is 24.8 Å². The van der Waals surface area contributed by atoms with Gasteiger partial charge in [0, 0.05) is 6.54 Å². The van der Waals surface area contributed by atoms with E-state index < -0.39 is 18.5 Å². The molecule has 0 aromatic carbocycles. The predicted molar refractivity (Wildman–Crippen MR) is 62.6 cm³/mol. The minimum atomic E-state index is -0.784. The van der Waals surface area contributed by atoms with E-state index in [1.165, 1.54) is 0 Å². The molecular formula is C11H16N2O6. The van der Waals surface area contributed by atoms with E-state index in [0.29, 0.717) is 13.2 Å². The van der Waals surface area contributed by atoms with Crippen LogP contribution in [0.25, 0.3) is 0 Å². The highest BCUT2D eigenvalue weighted by Crippen LogP contribution is 2.05. The summed E-state index contributed by atoms with van der Waals surface area (Å²) in [6.45, 7) is 2.22. The molecule has 1 aliphatic heterocycles. The van der Waals surface area contributed by atoms with Crippen molar-refractivity contribution in [2.75, 3.05) is 32.9 Å². The summed E-state index contributed by atoms with van der Waals surface area (Å²) in [5, 5.41) is 4.82. The third-order valence-corrected chi connectivity index (χ3v) is 2.00. The van der Waals surface area contributed by atoms with Gasteiger partial charge in [-0.3, -0.25) is 9.59 Å². The number of rotatable bonds is 6. The Kier molecular flexibility index (Phi) is 6.20. The number of hydrogen-bond acceptors (Lipinski definition) is 6. The van der Waals surface area contributed by atoms with Crippen molar-refractivity contribution in [1.29, 1.82) is 0 Å². The second kappa shape index (κ2) is 7.96. The van der Waals surface area contributed by atoms with Gasteiger partial charge in [0.25, 0.3) is 5.91 Å². The summed E-state index contributed by atoms with van der Waals surface area (Å²) in [5.74, 6) is -1.75. The summed E-state index contributed by atoms with van der Waals surface area (Å²) < 4.78 is 14.5. The molecule has 8 nitrogen and oxygen atoms in total. The van der Waals surface area contributed by atoms with Gasteiger partial charge in [-0.1, -0.05) is 0 Å². The number of carbonyl (C=O) groups excluding carboxylic acids is 3. The van der Waals surface area contributed by atoms with Gasteiger partial charge in [0.2, 0.25) is 11.7 Å². The highest BCUT2D eigenvalue weighted by atomic mass is 16.6. The fraction of sp³-hybridized carbons (Fsp3) is 0.545. The molecule has 0 radical (unpaired) electrons. The molecule has 0 saturated heterocycles. The van der Waals surface area contributed by atoms with Crippen LogP contribution in [-0.2, 0) is 28.6 Å².